The number of hydrogen-bond acceptors (Lipinski definition) is 4. The monoisotopic (exact) mass is 406 g/mol. The van der Waals surface area contributed by atoms with Gasteiger partial charge in [-0.3, -0.25) is 14.9 Å². The highest BCUT2D eigenvalue weighted by molar-refractivity contribution is 9.10. The van der Waals surface area contributed by atoms with Gasteiger partial charge in [-0.1, -0.05) is 6.07 Å². The highest BCUT2D eigenvalue weighted by Gasteiger charge is 2.15. The number of anilines is 1. The van der Waals surface area contributed by atoms with Crippen LogP contribution in [0.4, 0.5) is 11.4 Å². The van der Waals surface area contributed by atoms with Crippen LogP contribution in [-0.4, -0.2) is 17.4 Å². The number of hydrogen-bond donors (Lipinski definition) is 1. The third kappa shape index (κ3) is 4.57. The zero-order valence-electron chi connectivity index (χ0n) is 14.5. The summed E-state index contributed by atoms with van der Waals surface area (Å²) in [5.74, 6) is 0.296. The van der Waals surface area contributed by atoms with Gasteiger partial charge in [-0.15, -0.1) is 0 Å². The summed E-state index contributed by atoms with van der Waals surface area (Å²) in [4.78, 5) is 22.6. The molecule has 0 saturated carbocycles. The molecule has 6 nitrogen and oxygen atoms in total. The summed E-state index contributed by atoms with van der Waals surface area (Å²) < 4.78 is 6.42. The molecule has 0 bridgehead atoms. The summed E-state index contributed by atoms with van der Waals surface area (Å²) in [5.41, 5.74) is 3.86. The largest absolute Gasteiger partial charge is 0.482 e. The van der Waals surface area contributed by atoms with Crippen LogP contribution in [0.5, 0.6) is 5.75 Å². The fourth-order valence-electron chi connectivity index (χ4n) is 2.64. The van der Waals surface area contributed by atoms with E-state index in [4.69, 9.17) is 4.74 Å². The number of nitrogens with zero attached hydrogens (tertiary/aromatic N) is 1. The minimum Gasteiger partial charge on any atom is -0.482 e. The Morgan fingerprint density at radius 2 is 1.72 bits per heavy atom. The van der Waals surface area contributed by atoms with Crippen molar-refractivity contribution >= 4 is 33.2 Å². The lowest BCUT2D eigenvalue weighted by molar-refractivity contribution is -0.384. The van der Waals surface area contributed by atoms with Gasteiger partial charge in [0.2, 0.25) is 0 Å². The molecule has 0 aliphatic carbocycles. The van der Waals surface area contributed by atoms with Gasteiger partial charge in [-0.05, 0) is 71.9 Å². The molecule has 25 heavy (non-hydrogen) atoms. The van der Waals surface area contributed by atoms with Gasteiger partial charge in [-0.25, -0.2) is 0 Å². The Morgan fingerprint density at radius 1 is 1.12 bits per heavy atom. The van der Waals surface area contributed by atoms with Crippen LogP contribution in [0.3, 0.4) is 0 Å². The van der Waals surface area contributed by atoms with E-state index >= 15 is 0 Å². The number of rotatable bonds is 5. The number of carbonyl (C=O) groups is 1. The van der Waals surface area contributed by atoms with Gasteiger partial charge in [0.05, 0.1) is 9.40 Å². The molecule has 7 heteroatoms. The number of nitro benzene ring substituents is 1. The van der Waals surface area contributed by atoms with Gasteiger partial charge in [0.15, 0.2) is 6.61 Å². The number of amides is 1. The van der Waals surface area contributed by atoms with Crippen molar-refractivity contribution in [2.45, 2.75) is 27.7 Å². The van der Waals surface area contributed by atoms with Gasteiger partial charge in [0.1, 0.15) is 5.75 Å². The molecular weight excluding hydrogens is 388 g/mol. The molecule has 0 spiro atoms. The van der Waals surface area contributed by atoms with Gasteiger partial charge in [0.25, 0.3) is 11.6 Å². The lowest BCUT2D eigenvalue weighted by Crippen LogP contribution is -2.21. The number of ether oxygens (including phenoxy) is 1. The Bertz CT molecular complexity index is 803. The number of halogens is 1. The summed E-state index contributed by atoms with van der Waals surface area (Å²) in [5, 5.41) is 13.6. The minimum atomic E-state index is -0.452. The number of aryl methyl sites for hydroxylation is 4. The summed E-state index contributed by atoms with van der Waals surface area (Å²) in [6.07, 6.45) is 0. The SMILES string of the molecule is Cc1cc(C)c(OCC(=O)Nc2c(C)cc([N+](=O)[O-])cc2C)c(Br)c1. The Morgan fingerprint density at radius 3 is 2.24 bits per heavy atom. The number of benzene rings is 2. The van der Waals surface area contributed by atoms with E-state index in [1.165, 1.54) is 12.1 Å². The molecule has 0 atom stereocenters. The molecule has 0 fully saturated rings. The number of nitrogens with one attached hydrogen (secondary N) is 1. The van der Waals surface area contributed by atoms with Crippen molar-refractivity contribution < 1.29 is 14.5 Å². The van der Waals surface area contributed by atoms with Crippen LogP contribution in [0.25, 0.3) is 0 Å². The molecule has 0 aliphatic heterocycles. The lowest BCUT2D eigenvalue weighted by atomic mass is 10.1. The van der Waals surface area contributed by atoms with Crippen molar-refractivity contribution in [1.82, 2.24) is 0 Å². The summed E-state index contributed by atoms with van der Waals surface area (Å²) in [6.45, 7) is 7.18. The van der Waals surface area contributed by atoms with Crippen molar-refractivity contribution in [2.75, 3.05) is 11.9 Å². The van der Waals surface area contributed by atoms with E-state index in [0.29, 0.717) is 22.6 Å². The Kier molecular flexibility index (Phi) is 5.79. The molecule has 0 aromatic heterocycles. The summed E-state index contributed by atoms with van der Waals surface area (Å²) in [7, 11) is 0. The molecule has 2 aromatic carbocycles. The van der Waals surface area contributed by atoms with E-state index in [2.05, 4.69) is 21.2 Å². The Labute approximate surface area is 154 Å². The minimum absolute atomic E-state index is 0.00320. The predicted octanol–water partition coefficient (Wildman–Crippen LogP) is 4.61. The molecule has 2 aromatic rings. The van der Waals surface area contributed by atoms with E-state index in [1.54, 1.807) is 13.8 Å². The van der Waals surface area contributed by atoms with Gasteiger partial charge >= 0.3 is 0 Å². The van der Waals surface area contributed by atoms with Gasteiger partial charge < -0.3 is 10.1 Å². The lowest BCUT2D eigenvalue weighted by Gasteiger charge is -2.14. The van der Waals surface area contributed by atoms with Gasteiger partial charge in [0, 0.05) is 17.8 Å². The van der Waals surface area contributed by atoms with Crippen LogP contribution in [0.15, 0.2) is 28.7 Å². The van der Waals surface area contributed by atoms with E-state index in [1.807, 2.05) is 26.0 Å². The van der Waals surface area contributed by atoms with E-state index < -0.39 is 4.92 Å². The molecular formula is C18H19BrN2O4. The maximum atomic E-state index is 12.2. The van der Waals surface area contributed by atoms with Crippen molar-refractivity contribution in [2.24, 2.45) is 0 Å². The second kappa shape index (κ2) is 7.65. The fourth-order valence-corrected chi connectivity index (χ4v) is 3.43. The fraction of sp³-hybridized carbons (Fsp3) is 0.278. The second-order valence-electron chi connectivity index (χ2n) is 5.94. The molecule has 132 valence electrons. The first-order valence-corrected chi connectivity index (χ1v) is 8.43. The zero-order chi connectivity index (χ0) is 18.7. The third-order valence-electron chi connectivity index (χ3n) is 3.71. The van der Waals surface area contributed by atoms with Crippen molar-refractivity contribution in [3.63, 3.8) is 0 Å². The van der Waals surface area contributed by atoms with E-state index in [-0.39, 0.29) is 18.2 Å². The zero-order valence-corrected chi connectivity index (χ0v) is 16.1. The van der Waals surface area contributed by atoms with Gasteiger partial charge in [-0.2, -0.15) is 0 Å². The maximum absolute atomic E-state index is 12.2. The standard InChI is InChI=1S/C18H19BrN2O4/c1-10-5-13(4)18(15(19)6-10)25-9-16(22)20-17-11(2)7-14(21(23)24)8-12(17)3/h5-8H,9H2,1-4H3,(H,20,22). The quantitative estimate of drug-likeness (QED) is 0.580. The summed E-state index contributed by atoms with van der Waals surface area (Å²) in [6, 6.07) is 6.77. The third-order valence-corrected chi connectivity index (χ3v) is 4.30. The molecule has 0 unspecified atom stereocenters. The van der Waals surface area contributed by atoms with Crippen LogP contribution in [0.1, 0.15) is 22.3 Å². The molecule has 1 amide bonds. The first kappa shape index (κ1) is 18.9. The average molecular weight is 407 g/mol. The first-order chi connectivity index (χ1) is 11.7. The number of carbonyl (C=O) groups excluding carboxylic acids is 1. The summed E-state index contributed by atoms with van der Waals surface area (Å²) >= 11 is 3.44. The predicted molar refractivity (Wildman–Crippen MR) is 100 cm³/mol. The Balaban J connectivity index is 2.10. The number of nitro groups is 1. The molecule has 2 rings (SSSR count). The van der Waals surface area contributed by atoms with Crippen LogP contribution < -0.4 is 10.1 Å². The van der Waals surface area contributed by atoms with Crippen molar-refractivity contribution in [1.29, 1.82) is 0 Å². The Hall–Kier alpha value is -2.41. The molecule has 0 radical (unpaired) electrons. The average Bonchev–Trinajstić information content (AvgIpc) is 2.49. The topological polar surface area (TPSA) is 81.5 Å². The maximum Gasteiger partial charge on any atom is 0.270 e. The van der Waals surface area contributed by atoms with Crippen molar-refractivity contribution in [3.05, 3.63) is 61.1 Å². The normalized spacial score (nSPS) is 10.4. The van der Waals surface area contributed by atoms with Crippen LogP contribution in [0, 0.1) is 37.8 Å². The van der Waals surface area contributed by atoms with Crippen LogP contribution in [-0.2, 0) is 4.79 Å². The van der Waals surface area contributed by atoms with Crippen LogP contribution >= 0.6 is 15.9 Å². The van der Waals surface area contributed by atoms with E-state index in [0.717, 1.165) is 15.6 Å². The highest BCUT2D eigenvalue weighted by Crippen LogP contribution is 2.30. The molecule has 1 N–H and O–H groups in total. The molecule has 0 saturated heterocycles. The smallest absolute Gasteiger partial charge is 0.270 e. The second-order valence-corrected chi connectivity index (χ2v) is 6.80. The van der Waals surface area contributed by atoms with Crippen molar-refractivity contribution in [3.8, 4) is 5.75 Å². The molecule has 0 heterocycles. The number of non-ortho nitro benzene ring substituents is 1. The van der Waals surface area contributed by atoms with E-state index in [9.17, 15) is 14.9 Å². The first-order valence-electron chi connectivity index (χ1n) is 7.64. The van der Waals surface area contributed by atoms with Crippen LogP contribution in [0.2, 0.25) is 0 Å². The molecule has 0 aliphatic rings. The highest BCUT2D eigenvalue weighted by atomic mass is 79.9.